The normalized spacial score (nSPS) is 17.8. The van der Waals surface area contributed by atoms with E-state index in [2.05, 4.69) is 10.2 Å². The summed E-state index contributed by atoms with van der Waals surface area (Å²) < 4.78 is 24.3. The minimum atomic E-state index is -3.14. The molecule has 1 aliphatic heterocycles. The summed E-state index contributed by atoms with van der Waals surface area (Å²) in [4.78, 5) is 2.63. The molecule has 0 unspecified atom stereocenters. The zero-order valence-corrected chi connectivity index (χ0v) is 11.5. The third-order valence-corrected chi connectivity index (χ3v) is 4.98. The van der Waals surface area contributed by atoms with Crippen molar-refractivity contribution in [3.63, 3.8) is 0 Å². The van der Waals surface area contributed by atoms with E-state index in [-0.39, 0.29) is 5.75 Å². The summed E-state index contributed by atoms with van der Waals surface area (Å²) in [7, 11) is -3.14. The van der Waals surface area contributed by atoms with Gasteiger partial charge in [0.2, 0.25) is 0 Å². The molecular weight excluding hydrogens is 248 g/mol. The third-order valence-electron chi connectivity index (χ3n) is 3.27. The number of nitrogens with zero attached hydrogens (tertiary/aromatic N) is 1. The largest absolute Gasteiger partial charge is 0.314 e. The number of aryl methyl sites for hydroxylation is 1. The quantitative estimate of drug-likeness (QED) is 0.872. The summed E-state index contributed by atoms with van der Waals surface area (Å²) >= 11 is 0. The van der Waals surface area contributed by atoms with Gasteiger partial charge in [0.15, 0.2) is 9.84 Å². The van der Waals surface area contributed by atoms with Crippen LogP contribution >= 0.6 is 0 Å². The number of hydrogen-bond donors (Lipinski definition) is 1. The van der Waals surface area contributed by atoms with Crippen molar-refractivity contribution in [2.75, 3.05) is 38.5 Å². The predicted molar refractivity (Wildman–Crippen MR) is 72.5 cm³/mol. The summed E-state index contributed by atoms with van der Waals surface area (Å²) in [5, 5.41) is 3.26. The fourth-order valence-corrected chi connectivity index (χ4v) is 3.33. The molecule has 1 aromatic rings. The molecule has 1 aliphatic rings. The molecule has 0 atom stereocenters. The maximum Gasteiger partial charge on any atom is 0.179 e. The highest BCUT2D eigenvalue weighted by atomic mass is 32.2. The van der Waals surface area contributed by atoms with Crippen LogP contribution in [0.5, 0.6) is 0 Å². The first kappa shape index (κ1) is 13.5. The van der Waals surface area contributed by atoms with Gasteiger partial charge in [-0.3, -0.25) is 4.90 Å². The van der Waals surface area contributed by atoms with E-state index in [4.69, 9.17) is 0 Å². The van der Waals surface area contributed by atoms with Crippen LogP contribution in [0.1, 0.15) is 5.56 Å². The standard InChI is InChI=1S/C13H20N2O2S/c1-12-2-4-13(5-3-12)18(16,17)11-10-15-8-6-14-7-9-15/h2-5,14H,6-11H2,1H3. The van der Waals surface area contributed by atoms with Gasteiger partial charge in [0.05, 0.1) is 10.6 Å². The second-order valence-electron chi connectivity index (χ2n) is 4.72. The van der Waals surface area contributed by atoms with Crippen molar-refractivity contribution in [1.29, 1.82) is 0 Å². The van der Waals surface area contributed by atoms with Crippen LogP contribution in [-0.4, -0.2) is 51.8 Å². The van der Waals surface area contributed by atoms with Crippen molar-refractivity contribution in [3.8, 4) is 0 Å². The van der Waals surface area contributed by atoms with Crippen LogP contribution < -0.4 is 5.32 Å². The van der Waals surface area contributed by atoms with E-state index < -0.39 is 9.84 Å². The summed E-state index contributed by atoms with van der Waals surface area (Å²) in [6.45, 7) is 6.34. The molecule has 0 aromatic heterocycles. The highest BCUT2D eigenvalue weighted by Gasteiger charge is 2.17. The minimum absolute atomic E-state index is 0.204. The highest BCUT2D eigenvalue weighted by molar-refractivity contribution is 7.91. The van der Waals surface area contributed by atoms with Crippen LogP contribution in [0.4, 0.5) is 0 Å². The van der Waals surface area contributed by atoms with Crippen LogP contribution in [0.3, 0.4) is 0 Å². The van der Waals surface area contributed by atoms with Gasteiger partial charge in [-0.2, -0.15) is 0 Å². The molecule has 0 bridgehead atoms. The SMILES string of the molecule is Cc1ccc(S(=O)(=O)CCN2CCNCC2)cc1. The fourth-order valence-electron chi connectivity index (χ4n) is 2.05. The van der Waals surface area contributed by atoms with E-state index in [1.807, 2.05) is 19.1 Å². The smallest absolute Gasteiger partial charge is 0.179 e. The van der Waals surface area contributed by atoms with Gasteiger partial charge in [-0.05, 0) is 19.1 Å². The van der Waals surface area contributed by atoms with E-state index in [1.165, 1.54) is 0 Å². The zero-order chi connectivity index (χ0) is 13.0. The Hall–Kier alpha value is -0.910. The Balaban J connectivity index is 1.96. The molecule has 1 fully saturated rings. The van der Waals surface area contributed by atoms with Crippen molar-refractivity contribution in [1.82, 2.24) is 10.2 Å². The van der Waals surface area contributed by atoms with Gasteiger partial charge in [0, 0.05) is 32.7 Å². The molecule has 0 radical (unpaired) electrons. The lowest BCUT2D eigenvalue weighted by Gasteiger charge is -2.26. The van der Waals surface area contributed by atoms with Crippen molar-refractivity contribution in [3.05, 3.63) is 29.8 Å². The van der Waals surface area contributed by atoms with Gasteiger partial charge < -0.3 is 5.32 Å². The molecule has 1 aromatic carbocycles. The summed E-state index contributed by atoms with van der Waals surface area (Å²) in [6, 6.07) is 7.08. The number of hydrogen-bond acceptors (Lipinski definition) is 4. The second-order valence-corrected chi connectivity index (χ2v) is 6.83. The molecule has 0 amide bonds. The van der Waals surface area contributed by atoms with Gasteiger partial charge in [-0.25, -0.2) is 8.42 Å². The van der Waals surface area contributed by atoms with Crippen LogP contribution in [0, 0.1) is 6.92 Å². The minimum Gasteiger partial charge on any atom is -0.314 e. The molecule has 1 heterocycles. The monoisotopic (exact) mass is 268 g/mol. The van der Waals surface area contributed by atoms with Crippen molar-refractivity contribution in [2.24, 2.45) is 0 Å². The first-order chi connectivity index (χ1) is 8.58. The van der Waals surface area contributed by atoms with Crippen LogP contribution in [-0.2, 0) is 9.84 Å². The Kier molecular flexibility index (Phi) is 4.37. The van der Waals surface area contributed by atoms with Crippen LogP contribution in [0.25, 0.3) is 0 Å². The third kappa shape index (κ3) is 3.54. The molecule has 2 rings (SSSR count). The first-order valence-electron chi connectivity index (χ1n) is 6.30. The lowest BCUT2D eigenvalue weighted by molar-refractivity contribution is 0.254. The van der Waals surface area contributed by atoms with E-state index in [0.29, 0.717) is 11.4 Å². The zero-order valence-electron chi connectivity index (χ0n) is 10.7. The number of rotatable bonds is 4. The molecular formula is C13H20N2O2S. The van der Waals surface area contributed by atoms with Gasteiger partial charge in [-0.1, -0.05) is 17.7 Å². The van der Waals surface area contributed by atoms with E-state index in [9.17, 15) is 8.42 Å². The van der Waals surface area contributed by atoms with Crippen LogP contribution in [0.2, 0.25) is 0 Å². The predicted octanol–water partition coefficient (Wildman–Crippen LogP) is 0.674. The molecule has 0 spiro atoms. The van der Waals surface area contributed by atoms with Gasteiger partial charge in [0.1, 0.15) is 0 Å². The van der Waals surface area contributed by atoms with Crippen molar-refractivity contribution < 1.29 is 8.42 Å². The van der Waals surface area contributed by atoms with Gasteiger partial charge >= 0.3 is 0 Å². The molecule has 0 aliphatic carbocycles. The number of nitrogens with one attached hydrogen (secondary N) is 1. The molecule has 18 heavy (non-hydrogen) atoms. The molecule has 100 valence electrons. The number of piperazine rings is 1. The van der Waals surface area contributed by atoms with E-state index >= 15 is 0 Å². The van der Waals surface area contributed by atoms with Crippen LogP contribution in [0.15, 0.2) is 29.2 Å². The fraction of sp³-hybridized carbons (Fsp3) is 0.538. The van der Waals surface area contributed by atoms with Gasteiger partial charge in [-0.15, -0.1) is 0 Å². The Labute approximate surface area is 109 Å². The summed E-state index contributed by atoms with van der Waals surface area (Å²) in [5.41, 5.74) is 1.08. The Morgan fingerprint density at radius 3 is 2.39 bits per heavy atom. The number of sulfone groups is 1. The maximum atomic E-state index is 12.1. The Bertz CT molecular complexity index is 476. The summed E-state index contributed by atoms with van der Waals surface area (Å²) in [5.74, 6) is 0.204. The molecule has 4 nitrogen and oxygen atoms in total. The van der Waals surface area contributed by atoms with E-state index in [1.54, 1.807) is 12.1 Å². The number of benzene rings is 1. The highest BCUT2D eigenvalue weighted by Crippen LogP contribution is 2.12. The molecule has 1 N–H and O–H groups in total. The van der Waals surface area contributed by atoms with Gasteiger partial charge in [0.25, 0.3) is 0 Å². The molecule has 1 saturated heterocycles. The topological polar surface area (TPSA) is 49.4 Å². The Morgan fingerprint density at radius 1 is 1.17 bits per heavy atom. The van der Waals surface area contributed by atoms with E-state index in [0.717, 1.165) is 31.7 Å². The van der Waals surface area contributed by atoms with Crippen molar-refractivity contribution in [2.45, 2.75) is 11.8 Å². The first-order valence-corrected chi connectivity index (χ1v) is 7.96. The maximum absolute atomic E-state index is 12.1. The molecule has 0 saturated carbocycles. The lowest BCUT2D eigenvalue weighted by Crippen LogP contribution is -2.45. The average Bonchev–Trinajstić information content (AvgIpc) is 2.38. The molecule has 5 heteroatoms. The second kappa shape index (κ2) is 5.82. The Morgan fingerprint density at radius 2 is 1.78 bits per heavy atom. The summed E-state index contributed by atoms with van der Waals surface area (Å²) in [6.07, 6.45) is 0. The van der Waals surface area contributed by atoms with Crippen molar-refractivity contribution >= 4 is 9.84 Å². The average molecular weight is 268 g/mol. The lowest BCUT2D eigenvalue weighted by atomic mass is 10.2.